The Morgan fingerprint density at radius 1 is 1.00 bits per heavy atom. The third-order valence-corrected chi connectivity index (χ3v) is 8.64. The van der Waals surface area contributed by atoms with E-state index in [4.69, 9.17) is 4.74 Å². The van der Waals surface area contributed by atoms with Gasteiger partial charge in [0.15, 0.2) is 0 Å². The lowest BCUT2D eigenvalue weighted by Crippen LogP contribution is -2.31. The molecule has 13 heteroatoms. The first-order valence-electron chi connectivity index (χ1n) is 13.7. The highest BCUT2D eigenvalue weighted by molar-refractivity contribution is 9.10. The lowest BCUT2D eigenvalue weighted by Gasteiger charge is -2.15. The van der Waals surface area contributed by atoms with Crippen LogP contribution in [0.4, 0.5) is 17.1 Å². The highest BCUT2D eigenvalue weighted by Crippen LogP contribution is 2.35. The summed E-state index contributed by atoms with van der Waals surface area (Å²) in [7, 11) is 1.52. The van der Waals surface area contributed by atoms with E-state index in [0.717, 1.165) is 21.1 Å². The Hall–Kier alpha value is -5.27. The number of anilines is 2. The molecule has 1 unspecified atom stereocenters. The molecule has 0 aliphatic carbocycles. The molecule has 46 heavy (non-hydrogen) atoms. The molecule has 5 rings (SSSR count). The average molecular weight is 702 g/mol. The molecule has 1 saturated heterocycles. The van der Waals surface area contributed by atoms with Crippen LogP contribution in [0.2, 0.25) is 0 Å². The normalized spacial score (nSPS) is 14.6. The molecule has 1 heterocycles. The van der Waals surface area contributed by atoms with E-state index in [1.807, 2.05) is 0 Å². The summed E-state index contributed by atoms with van der Waals surface area (Å²) in [5.41, 5.74) is 1.45. The maximum Gasteiger partial charge on any atom is 0.272 e. The first-order chi connectivity index (χ1) is 22.1. The molecule has 0 saturated carbocycles. The fourth-order valence-electron chi connectivity index (χ4n) is 4.58. The number of hydrogen-bond donors (Lipinski definition) is 2. The van der Waals surface area contributed by atoms with E-state index in [1.165, 1.54) is 37.5 Å². The third kappa shape index (κ3) is 7.50. The number of imide groups is 1. The molecule has 1 atom stereocenters. The zero-order chi connectivity index (χ0) is 32.8. The largest absolute Gasteiger partial charge is 0.496 e. The molecule has 2 N–H and O–H groups in total. The van der Waals surface area contributed by atoms with Crippen LogP contribution in [0.3, 0.4) is 0 Å². The number of amides is 4. The van der Waals surface area contributed by atoms with Crippen LogP contribution in [0.15, 0.2) is 112 Å². The molecule has 232 valence electrons. The van der Waals surface area contributed by atoms with Gasteiger partial charge in [0.25, 0.3) is 17.5 Å². The Balaban J connectivity index is 1.33. The zero-order valence-electron chi connectivity index (χ0n) is 24.1. The molecule has 1 fully saturated rings. The number of nitrogens with one attached hydrogen (secondary N) is 2. The number of carbonyl (C=O) groups is 4. The molecule has 11 nitrogen and oxygen atoms in total. The van der Waals surface area contributed by atoms with E-state index in [2.05, 4.69) is 26.6 Å². The summed E-state index contributed by atoms with van der Waals surface area (Å²) in [6.45, 7) is 0. The molecular weight excluding hydrogens is 676 g/mol. The van der Waals surface area contributed by atoms with Gasteiger partial charge in [-0.05, 0) is 82.2 Å². The maximum atomic E-state index is 13.5. The maximum absolute atomic E-state index is 13.5. The van der Waals surface area contributed by atoms with Crippen molar-refractivity contribution in [1.82, 2.24) is 5.32 Å². The van der Waals surface area contributed by atoms with Crippen LogP contribution >= 0.6 is 27.7 Å². The van der Waals surface area contributed by atoms with Crippen LogP contribution in [0.25, 0.3) is 6.08 Å². The van der Waals surface area contributed by atoms with Gasteiger partial charge in [-0.15, -0.1) is 11.8 Å². The molecule has 4 amide bonds. The Labute approximate surface area is 275 Å². The highest BCUT2D eigenvalue weighted by atomic mass is 79.9. The van der Waals surface area contributed by atoms with Crippen LogP contribution in [-0.4, -0.2) is 40.9 Å². The van der Waals surface area contributed by atoms with Crippen molar-refractivity contribution in [2.24, 2.45) is 0 Å². The van der Waals surface area contributed by atoms with Gasteiger partial charge in [0.1, 0.15) is 11.4 Å². The summed E-state index contributed by atoms with van der Waals surface area (Å²) < 4.78 is 6.08. The van der Waals surface area contributed by atoms with E-state index in [0.29, 0.717) is 27.5 Å². The van der Waals surface area contributed by atoms with Gasteiger partial charge >= 0.3 is 0 Å². The summed E-state index contributed by atoms with van der Waals surface area (Å²) in [5.74, 6) is -1.40. The van der Waals surface area contributed by atoms with Crippen molar-refractivity contribution in [1.29, 1.82) is 0 Å². The molecular formula is C33H25BrN4O7S. The lowest BCUT2D eigenvalue weighted by molar-refractivity contribution is -0.384. The first kappa shape index (κ1) is 32.1. The predicted octanol–water partition coefficient (Wildman–Crippen LogP) is 6.20. The monoisotopic (exact) mass is 700 g/mol. The fraction of sp³-hybridized carbons (Fsp3) is 0.0909. The van der Waals surface area contributed by atoms with Crippen LogP contribution in [-0.2, 0) is 14.4 Å². The number of benzene rings is 4. The second kappa shape index (κ2) is 14.2. The van der Waals surface area contributed by atoms with Crippen LogP contribution in [0, 0.1) is 10.1 Å². The summed E-state index contributed by atoms with van der Waals surface area (Å²) >= 11 is 4.57. The molecule has 0 bridgehead atoms. The van der Waals surface area contributed by atoms with Gasteiger partial charge in [-0.2, -0.15) is 0 Å². The molecule has 4 aromatic rings. The number of ether oxygens (including phenoxy) is 1. The number of non-ortho nitro benzene ring substituents is 1. The summed E-state index contributed by atoms with van der Waals surface area (Å²) in [6.07, 6.45) is 1.46. The van der Waals surface area contributed by atoms with Gasteiger partial charge in [-0.3, -0.25) is 29.3 Å². The zero-order valence-corrected chi connectivity index (χ0v) is 26.5. The first-order valence-corrected chi connectivity index (χ1v) is 15.4. The minimum Gasteiger partial charge on any atom is -0.496 e. The van der Waals surface area contributed by atoms with Crippen molar-refractivity contribution in [3.63, 3.8) is 0 Å². The van der Waals surface area contributed by atoms with Crippen molar-refractivity contribution in [2.45, 2.75) is 16.6 Å². The summed E-state index contributed by atoms with van der Waals surface area (Å²) in [6, 6.07) is 25.7. The Bertz CT molecular complexity index is 1870. The molecule has 4 aromatic carbocycles. The molecule has 1 aliphatic heterocycles. The van der Waals surface area contributed by atoms with E-state index < -0.39 is 33.8 Å². The Kier molecular flexibility index (Phi) is 9.94. The lowest BCUT2D eigenvalue weighted by atomic mass is 10.1. The standard InChI is InChI=1S/C33H25BrN4O7S/c1-45-28-17-20(10-15-26(28)34)16-27(36-31(40)21-6-3-2-4-7-21)32(41)35-22-8-5-9-25(18-22)46-29-19-30(39)37(33(29)42)23-11-13-24(14-12-23)38(43)44/h2-18,29H,19H2,1H3,(H,35,41)(H,36,40). The van der Waals surface area contributed by atoms with Crippen LogP contribution < -0.4 is 20.3 Å². The molecule has 0 spiro atoms. The van der Waals surface area contributed by atoms with Crippen molar-refractivity contribution >= 4 is 74.5 Å². The SMILES string of the molecule is COc1cc(C=C(NC(=O)c2ccccc2)C(=O)Nc2cccc(SC3CC(=O)N(c4ccc([N+](=O)[O-])cc4)C3=O)c2)ccc1Br. The summed E-state index contributed by atoms with van der Waals surface area (Å²) in [4.78, 5) is 64.5. The van der Waals surface area contributed by atoms with Crippen molar-refractivity contribution < 1.29 is 28.8 Å². The van der Waals surface area contributed by atoms with Gasteiger partial charge in [0.05, 0.1) is 27.4 Å². The Morgan fingerprint density at radius 2 is 1.74 bits per heavy atom. The van der Waals surface area contributed by atoms with Crippen molar-refractivity contribution in [3.8, 4) is 5.75 Å². The number of nitro groups is 1. The minimum atomic E-state index is -0.735. The molecule has 1 aliphatic rings. The highest BCUT2D eigenvalue weighted by Gasteiger charge is 2.40. The van der Waals surface area contributed by atoms with Gasteiger partial charge in [-0.1, -0.05) is 30.3 Å². The number of hydrogen-bond acceptors (Lipinski definition) is 8. The average Bonchev–Trinajstić information content (AvgIpc) is 3.33. The number of methoxy groups -OCH3 is 1. The number of halogens is 1. The number of thioether (sulfide) groups is 1. The Morgan fingerprint density at radius 3 is 2.43 bits per heavy atom. The van der Waals surface area contributed by atoms with Gasteiger partial charge in [0, 0.05) is 34.7 Å². The second-order valence-corrected chi connectivity index (χ2v) is 12.0. The van der Waals surface area contributed by atoms with Crippen molar-refractivity contribution in [2.75, 3.05) is 17.3 Å². The summed E-state index contributed by atoms with van der Waals surface area (Å²) in [5, 5.41) is 15.7. The number of rotatable bonds is 10. The topological polar surface area (TPSA) is 148 Å². The van der Waals surface area contributed by atoms with Crippen LogP contribution in [0.1, 0.15) is 22.3 Å². The van der Waals surface area contributed by atoms with Gasteiger partial charge in [0.2, 0.25) is 11.8 Å². The number of nitro benzene ring substituents is 1. The quantitative estimate of drug-likeness (QED) is 0.0860. The smallest absolute Gasteiger partial charge is 0.272 e. The number of carbonyl (C=O) groups excluding carboxylic acids is 4. The second-order valence-electron chi connectivity index (χ2n) is 9.91. The van der Waals surface area contributed by atoms with Crippen LogP contribution in [0.5, 0.6) is 5.75 Å². The van der Waals surface area contributed by atoms with Gasteiger partial charge < -0.3 is 15.4 Å². The van der Waals surface area contributed by atoms with E-state index >= 15 is 0 Å². The fourth-order valence-corrected chi connectivity index (χ4v) is 6.10. The molecule has 0 radical (unpaired) electrons. The van der Waals surface area contributed by atoms with E-state index in [-0.39, 0.29) is 23.5 Å². The van der Waals surface area contributed by atoms with E-state index in [9.17, 15) is 29.3 Å². The van der Waals surface area contributed by atoms with Crippen molar-refractivity contribution in [3.05, 3.63) is 128 Å². The number of nitrogens with zero attached hydrogens (tertiary/aromatic N) is 2. The minimum absolute atomic E-state index is 0.0217. The molecule has 0 aromatic heterocycles. The predicted molar refractivity (Wildman–Crippen MR) is 178 cm³/mol. The van der Waals surface area contributed by atoms with E-state index in [1.54, 1.807) is 72.8 Å². The third-order valence-electron chi connectivity index (χ3n) is 6.81. The van der Waals surface area contributed by atoms with Gasteiger partial charge in [-0.25, -0.2) is 4.90 Å².